The van der Waals surface area contributed by atoms with Crippen LogP contribution in [0.4, 0.5) is 0 Å². The van der Waals surface area contributed by atoms with Crippen LogP contribution in [0, 0.1) is 5.41 Å². The van der Waals surface area contributed by atoms with Gasteiger partial charge >= 0.3 is 5.97 Å². The Balaban J connectivity index is 1.55. The van der Waals surface area contributed by atoms with Gasteiger partial charge in [0.1, 0.15) is 17.8 Å². The van der Waals surface area contributed by atoms with Crippen LogP contribution < -0.4 is 10.1 Å². The van der Waals surface area contributed by atoms with Crippen molar-refractivity contribution in [3.63, 3.8) is 0 Å². The van der Waals surface area contributed by atoms with Crippen molar-refractivity contribution in [2.24, 2.45) is 10.4 Å². The van der Waals surface area contributed by atoms with Crippen molar-refractivity contribution in [1.29, 1.82) is 0 Å². The molecule has 6 rings (SSSR count). The van der Waals surface area contributed by atoms with E-state index in [1.165, 1.54) is 9.31 Å². The van der Waals surface area contributed by atoms with Gasteiger partial charge in [-0.3, -0.25) is 19.6 Å². The number of ether oxygens (including phenoxy) is 3. The van der Waals surface area contributed by atoms with Gasteiger partial charge in [-0.2, -0.15) is 17.4 Å². The summed E-state index contributed by atoms with van der Waals surface area (Å²) in [5, 5.41) is 13.4. The minimum atomic E-state index is -4.12. The molecule has 3 aliphatic heterocycles. The average Bonchev–Trinajstić information content (AvgIpc) is 3.50. The van der Waals surface area contributed by atoms with Crippen molar-refractivity contribution in [2.75, 3.05) is 46.6 Å². The average molecular weight is 805 g/mol. The Morgan fingerprint density at radius 1 is 1.16 bits per heavy atom. The van der Waals surface area contributed by atoms with Crippen molar-refractivity contribution < 1.29 is 37.3 Å². The Kier molecular flexibility index (Phi) is 13.1. The largest absolute Gasteiger partial charge is 0.508 e. The summed E-state index contributed by atoms with van der Waals surface area (Å²) >= 11 is 0. The first kappa shape index (κ1) is 42.2. The number of carbonyl (C=O) groups excluding carboxylic acids is 2. The summed E-state index contributed by atoms with van der Waals surface area (Å²) in [6.45, 7) is 16.0. The number of aromatic nitrogens is 1. The number of hydrogen-bond acceptors (Lipinski definition) is 10. The van der Waals surface area contributed by atoms with Gasteiger partial charge in [-0.1, -0.05) is 38.6 Å². The van der Waals surface area contributed by atoms with E-state index in [1.54, 1.807) is 25.5 Å². The monoisotopic (exact) mass is 804 g/mol. The number of amides is 1. The normalized spacial score (nSPS) is 22.2. The molecule has 0 aliphatic carbocycles. The summed E-state index contributed by atoms with van der Waals surface area (Å²) in [7, 11) is -2.47. The minimum absolute atomic E-state index is 0.0289. The highest BCUT2D eigenvalue weighted by Gasteiger charge is 2.37. The molecule has 14 nitrogen and oxygen atoms in total. The van der Waals surface area contributed by atoms with Crippen molar-refractivity contribution in [1.82, 2.24) is 24.0 Å². The van der Waals surface area contributed by atoms with E-state index in [4.69, 9.17) is 19.2 Å². The summed E-state index contributed by atoms with van der Waals surface area (Å²) in [4.78, 5) is 32.8. The molecule has 3 aliphatic rings. The van der Waals surface area contributed by atoms with E-state index in [2.05, 4.69) is 54.2 Å². The van der Waals surface area contributed by atoms with Gasteiger partial charge in [-0.25, -0.2) is 5.43 Å². The maximum atomic E-state index is 14.3. The van der Waals surface area contributed by atoms with Gasteiger partial charge in [0.15, 0.2) is 0 Å². The number of morpholine rings is 1. The number of fused-ring (bicyclic) bond motifs is 6. The van der Waals surface area contributed by atoms with E-state index in [9.17, 15) is 23.1 Å². The molecule has 57 heavy (non-hydrogen) atoms. The first-order valence-electron chi connectivity index (χ1n) is 19.7. The molecule has 0 saturated carbocycles. The number of aryl methyl sites for hydroxylation is 1. The number of phenols is 1. The molecular weight excluding hydrogens is 749 g/mol. The molecule has 15 heteroatoms. The highest BCUT2D eigenvalue weighted by Crippen LogP contribution is 2.40. The van der Waals surface area contributed by atoms with E-state index in [1.807, 2.05) is 32.1 Å². The fraction of sp³-hybridized carbons (Fsp3) is 0.500. The van der Waals surface area contributed by atoms with Crippen LogP contribution in [0.15, 0.2) is 59.7 Å². The minimum Gasteiger partial charge on any atom is -0.508 e. The molecule has 4 heterocycles. The molecule has 3 N–H and O–H groups in total. The lowest BCUT2D eigenvalue weighted by atomic mass is 9.84. The third-order valence-corrected chi connectivity index (χ3v) is 12.5. The van der Waals surface area contributed by atoms with E-state index < -0.39 is 39.6 Å². The number of aromatic hydroxyl groups is 1. The van der Waals surface area contributed by atoms with E-state index in [0.29, 0.717) is 36.9 Å². The lowest BCUT2D eigenvalue weighted by Gasteiger charge is -2.36. The zero-order valence-corrected chi connectivity index (χ0v) is 34.7. The van der Waals surface area contributed by atoms with Crippen molar-refractivity contribution in [2.45, 2.75) is 85.0 Å². The molecule has 2 aromatic carbocycles. The van der Waals surface area contributed by atoms with Crippen LogP contribution >= 0.6 is 0 Å². The molecule has 3 atom stereocenters. The molecule has 6 bridgehead atoms. The number of nitrogens with zero attached hydrogens (tertiary/aromatic N) is 4. The number of allylic oxidation sites excluding steroid dienone is 2. The molecule has 3 aromatic rings. The van der Waals surface area contributed by atoms with Crippen molar-refractivity contribution >= 4 is 44.8 Å². The molecular formula is C42H56N6O8S. The molecule has 308 valence electrons. The summed E-state index contributed by atoms with van der Waals surface area (Å²) in [6.07, 6.45) is 4.61. The van der Waals surface area contributed by atoms with Crippen LogP contribution in [-0.2, 0) is 53.4 Å². The van der Waals surface area contributed by atoms with Crippen LogP contribution in [0.1, 0.15) is 64.3 Å². The molecule has 0 spiro atoms. The first-order valence-corrected chi connectivity index (χ1v) is 21.1. The SMILES string of the molecule is C=C/C(=C(\N=CC)[C@H](C)OC)c1c2c3cc(ccc3n1CC)-c1cc(O)cc(c1)C[C@H](NS(=O)(=O)N1CCOCC1)C(=O)N1CCC[C@H](N1)C(=O)OCC(C)(C)C2. The number of cyclic esters (lactones) is 1. The van der Waals surface area contributed by atoms with E-state index >= 15 is 0 Å². The Morgan fingerprint density at radius 2 is 1.91 bits per heavy atom. The third kappa shape index (κ3) is 9.19. The standard InChI is InChI=1S/C42H56N6O8S/c1-8-32(38(43-9-2)27(4)54-7)39-34-25-42(5,6)26-56-41(51)35-12-11-15-48(44-35)40(50)36(45-57(52,53)46-16-18-55-19-17-46)22-28-20-30(23-31(49)21-28)29-13-14-37(33(34)24-29)47(39)10-3/h8-9,13-14,20-21,23-24,27,35-36,44-45,49H,1,10-12,15-19,22,25-26H2,2-7H3/b38-32+,43-9?/t27-,35-,36-/m0/s1. The molecule has 2 saturated heterocycles. The highest BCUT2D eigenvalue weighted by atomic mass is 32.2. The van der Waals surface area contributed by atoms with E-state index in [0.717, 1.165) is 39.0 Å². The van der Waals surface area contributed by atoms with Crippen LogP contribution in [0.3, 0.4) is 0 Å². The molecule has 0 radical (unpaired) electrons. The Labute approximate surface area is 335 Å². The second-order valence-electron chi connectivity index (χ2n) is 15.6. The number of phenolic OH excluding ortho intramolecular Hbond substituents is 1. The summed E-state index contributed by atoms with van der Waals surface area (Å²) in [6, 6.07) is 9.15. The van der Waals surface area contributed by atoms with Crippen LogP contribution in [0.2, 0.25) is 0 Å². The lowest BCUT2D eigenvalue weighted by Crippen LogP contribution is -2.61. The van der Waals surface area contributed by atoms with Crippen LogP contribution in [0.25, 0.3) is 27.6 Å². The fourth-order valence-corrected chi connectivity index (χ4v) is 9.32. The van der Waals surface area contributed by atoms with Gasteiger partial charge in [-0.05, 0) is 93.0 Å². The zero-order valence-electron chi connectivity index (χ0n) is 33.8. The summed E-state index contributed by atoms with van der Waals surface area (Å²) in [5.74, 6) is -1.07. The maximum absolute atomic E-state index is 14.3. The Bertz CT molecular complexity index is 2170. The van der Waals surface area contributed by atoms with Gasteiger partial charge < -0.3 is 23.9 Å². The number of methoxy groups -OCH3 is 1. The number of hydrazine groups is 1. The van der Waals surface area contributed by atoms with Crippen molar-refractivity contribution in [3.05, 3.63) is 71.6 Å². The van der Waals surface area contributed by atoms with Gasteiger partial charge in [0.25, 0.3) is 16.1 Å². The second-order valence-corrected chi connectivity index (χ2v) is 17.3. The molecule has 0 unspecified atom stereocenters. The quantitative estimate of drug-likeness (QED) is 0.157. The fourth-order valence-electron chi connectivity index (χ4n) is 8.00. The number of esters is 1. The number of benzene rings is 2. The topological polar surface area (TPSA) is 164 Å². The van der Waals surface area contributed by atoms with Gasteiger partial charge in [0.2, 0.25) is 0 Å². The molecule has 1 aromatic heterocycles. The number of hydrogen-bond donors (Lipinski definition) is 3. The smallest absolute Gasteiger partial charge is 0.324 e. The zero-order chi connectivity index (χ0) is 41.1. The highest BCUT2D eigenvalue weighted by molar-refractivity contribution is 7.87. The van der Waals surface area contributed by atoms with E-state index in [-0.39, 0.29) is 57.7 Å². The Morgan fingerprint density at radius 3 is 2.60 bits per heavy atom. The number of carbonyl (C=O) groups is 2. The molecule has 1 amide bonds. The third-order valence-electron chi connectivity index (χ3n) is 10.9. The Hall–Kier alpha value is -4.38. The maximum Gasteiger partial charge on any atom is 0.324 e. The summed E-state index contributed by atoms with van der Waals surface area (Å²) in [5.41, 5.74) is 9.03. The number of nitrogens with one attached hydrogen (secondary N) is 2. The van der Waals surface area contributed by atoms with Crippen LogP contribution in [-0.4, -0.2) is 110 Å². The van der Waals surface area contributed by atoms with Gasteiger partial charge in [0, 0.05) is 61.4 Å². The van der Waals surface area contributed by atoms with Crippen molar-refractivity contribution in [3.8, 4) is 16.9 Å². The van der Waals surface area contributed by atoms with Crippen LogP contribution in [0.5, 0.6) is 5.75 Å². The second kappa shape index (κ2) is 17.6. The predicted molar refractivity (Wildman–Crippen MR) is 221 cm³/mol. The number of aliphatic imine (C=N–C) groups is 1. The summed E-state index contributed by atoms with van der Waals surface area (Å²) < 4.78 is 50.7. The predicted octanol–water partition coefficient (Wildman–Crippen LogP) is 4.76. The van der Waals surface area contributed by atoms with Gasteiger partial charge in [0.05, 0.1) is 37.3 Å². The molecule has 2 fully saturated rings. The van der Waals surface area contributed by atoms with Gasteiger partial charge in [-0.15, -0.1) is 0 Å². The lowest BCUT2D eigenvalue weighted by molar-refractivity contribution is -0.155. The first-order chi connectivity index (χ1) is 27.2. The number of rotatable bonds is 9.